The molecule has 2 aromatic rings. The fourth-order valence-electron chi connectivity index (χ4n) is 4.85. The lowest BCUT2D eigenvalue weighted by Crippen LogP contribution is -2.47. The number of nitrogens with one attached hydrogen (secondary N) is 2. The number of carbonyl (C=O) groups is 5. The molecule has 52 heavy (non-hydrogen) atoms. The molecule has 16 nitrogen and oxygen atoms in total. The lowest BCUT2D eigenvalue weighted by Gasteiger charge is -2.29. The van der Waals surface area contributed by atoms with Crippen LogP contribution in [-0.2, 0) is 42.3 Å². The first-order valence-corrected chi connectivity index (χ1v) is 18.8. The summed E-state index contributed by atoms with van der Waals surface area (Å²) >= 11 is 0. The van der Waals surface area contributed by atoms with Crippen LogP contribution in [0.4, 0.5) is 0 Å². The molecule has 2 rings (SSSR count). The lowest BCUT2D eigenvalue weighted by atomic mass is 9.90. The Balaban J connectivity index is 2.29. The van der Waals surface area contributed by atoms with Gasteiger partial charge in [0.2, 0.25) is 25.9 Å². The van der Waals surface area contributed by atoms with Gasteiger partial charge in [0.15, 0.2) is 5.76 Å². The number of rotatable bonds is 24. The van der Waals surface area contributed by atoms with Gasteiger partial charge in [-0.25, -0.2) is 5.06 Å². The lowest BCUT2D eigenvalue weighted by molar-refractivity contribution is -0.168. The number of hydrogen-bond donors (Lipinski definition) is 3. The summed E-state index contributed by atoms with van der Waals surface area (Å²) in [6, 6.07) is 6.54. The predicted octanol–water partition coefficient (Wildman–Crippen LogP) is 5.14. The van der Waals surface area contributed by atoms with E-state index in [1.807, 2.05) is 6.92 Å². The van der Waals surface area contributed by atoms with Gasteiger partial charge in [0.05, 0.1) is 42.4 Å². The zero-order chi connectivity index (χ0) is 38.8. The highest BCUT2D eigenvalue weighted by molar-refractivity contribution is 7.62. The number of nitrogens with zero attached hydrogens (tertiary/aromatic N) is 1. The molecule has 17 heteroatoms. The van der Waals surface area contributed by atoms with Crippen LogP contribution in [0.2, 0.25) is 0 Å². The first-order chi connectivity index (χ1) is 24.7. The van der Waals surface area contributed by atoms with Gasteiger partial charge in [-0.2, -0.15) is 0 Å². The van der Waals surface area contributed by atoms with Crippen LogP contribution in [0.5, 0.6) is 5.75 Å². The number of carbonyl (C=O) groups excluding carboxylic acids is 5. The van der Waals surface area contributed by atoms with Crippen LogP contribution in [0, 0.1) is 17.8 Å². The molecule has 2 unspecified atom stereocenters. The summed E-state index contributed by atoms with van der Waals surface area (Å²) in [4.78, 5) is 61.3. The van der Waals surface area contributed by atoms with Gasteiger partial charge in [0.25, 0.3) is 5.91 Å². The maximum absolute atomic E-state index is 14.1. The summed E-state index contributed by atoms with van der Waals surface area (Å²) in [6.45, 7) is 10.5. The number of ether oxygens (including phenoxy) is 3. The van der Waals surface area contributed by atoms with Crippen LogP contribution >= 0.6 is 7.60 Å². The van der Waals surface area contributed by atoms with Crippen molar-refractivity contribution in [3.63, 3.8) is 0 Å². The second-order valence-corrected chi connectivity index (χ2v) is 14.4. The quantitative estimate of drug-likeness (QED) is 0.0242. The average molecular weight is 754 g/mol. The predicted molar refractivity (Wildman–Crippen MR) is 188 cm³/mol. The maximum Gasteiger partial charge on any atom is 0.367 e. The smallest absolute Gasteiger partial charge is 0.367 e. The SMILES string of the molecule is CCCCCC(C(=O)NCNC(=O)c1ccc(-c2cc(OCC)cc(P(=O)(OCOC(=O)C(C)C)OCOC(=O)C(C)C)c2)o1)C(CC)N(O)C=O. The van der Waals surface area contributed by atoms with E-state index in [1.54, 1.807) is 47.6 Å². The highest BCUT2D eigenvalue weighted by atomic mass is 31.2. The third kappa shape index (κ3) is 13.4. The first kappa shape index (κ1) is 43.9. The monoisotopic (exact) mass is 753 g/mol. The van der Waals surface area contributed by atoms with Gasteiger partial charge in [0.1, 0.15) is 11.5 Å². The molecule has 3 amide bonds. The van der Waals surface area contributed by atoms with E-state index in [0.29, 0.717) is 23.5 Å². The van der Waals surface area contributed by atoms with Crippen molar-refractivity contribution in [1.29, 1.82) is 0 Å². The molecule has 290 valence electrons. The summed E-state index contributed by atoms with van der Waals surface area (Å²) in [7, 11) is -4.35. The van der Waals surface area contributed by atoms with Crippen LogP contribution in [0.3, 0.4) is 0 Å². The molecule has 1 aromatic carbocycles. The van der Waals surface area contributed by atoms with Crippen LogP contribution in [-0.4, -0.2) is 73.3 Å². The second kappa shape index (κ2) is 22.0. The fraction of sp³-hybridized carbons (Fsp3) is 0.571. The van der Waals surface area contributed by atoms with Crippen LogP contribution in [0.15, 0.2) is 34.7 Å². The molecule has 0 aliphatic heterocycles. The number of unbranched alkanes of at least 4 members (excludes halogenated alkanes) is 2. The minimum absolute atomic E-state index is 0.0466. The summed E-state index contributed by atoms with van der Waals surface area (Å²) in [5.74, 6) is -3.66. The van der Waals surface area contributed by atoms with Crippen LogP contribution in [0.25, 0.3) is 11.3 Å². The maximum atomic E-state index is 14.1. The average Bonchev–Trinajstić information content (AvgIpc) is 3.61. The topological polar surface area (TPSA) is 209 Å². The van der Waals surface area contributed by atoms with Crippen molar-refractivity contribution in [2.75, 3.05) is 26.9 Å². The van der Waals surface area contributed by atoms with E-state index < -0.39 is 68.7 Å². The molecular weight excluding hydrogens is 701 g/mol. The molecule has 0 aliphatic carbocycles. The minimum atomic E-state index is -4.35. The largest absolute Gasteiger partial charge is 0.494 e. The number of benzene rings is 1. The van der Waals surface area contributed by atoms with Gasteiger partial charge >= 0.3 is 19.5 Å². The normalized spacial score (nSPS) is 12.6. The van der Waals surface area contributed by atoms with Crippen molar-refractivity contribution in [2.45, 2.75) is 86.6 Å². The first-order valence-electron chi connectivity index (χ1n) is 17.3. The van der Waals surface area contributed by atoms with Crippen molar-refractivity contribution in [3.05, 3.63) is 36.1 Å². The Labute approximate surface area is 304 Å². The minimum Gasteiger partial charge on any atom is -0.494 e. The Bertz CT molecular complexity index is 1500. The molecule has 1 heterocycles. The number of amides is 3. The van der Waals surface area contributed by atoms with E-state index in [9.17, 15) is 33.7 Å². The molecule has 0 bridgehead atoms. The van der Waals surface area contributed by atoms with Gasteiger partial charge in [-0.3, -0.25) is 42.8 Å². The molecule has 0 fully saturated rings. The highest BCUT2D eigenvalue weighted by Crippen LogP contribution is 2.48. The molecule has 0 saturated carbocycles. The molecular formula is C35H52N3O13P. The van der Waals surface area contributed by atoms with Crippen molar-refractivity contribution in [1.82, 2.24) is 15.7 Å². The van der Waals surface area contributed by atoms with Crippen molar-refractivity contribution >= 4 is 43.1 Å². The standard InChI is InChI=1S/C35H52N3O13P/c1-8-11-12-13-28(29(9-2)38(44)20-39)32(40)36-19-37-33(41)31-15-14-30(51-31)25-16-26(46-10-3)18-27(17-25)52(45,49-21-47-34(42)23(4)5)50-22-48-35(43)24(6)7/h14-18,20,23-24,28-29,44H,8-13,19,21-22H2,1-7H3,(H,36,40)(H,37,41). The number of hydrogen-bond acceptors (Lipinski definition) is 13. The Morgan fingerprint density at radius 3 is 2.10 bits per heavy atom. The van der Waals surface area contributed by atoms with Gasteiger partial charge < -0.3 is 29.3 Å². The number of esters is 2. The molecule has 1 aromatic heterocycles. The van der Waals surface area contributed by atoms with Crippen molar-refractivity contribution < 1.29 is 61.4 Å². The molecule has 2 atom stereocenters. The van der Waals surface area contributed by atoms with E-state index in [1.165, 1.54) is 24.3 Å². The van der Waals surface area contributed by atoms with E-state index in [4.69, 9.17) is 27.7 Å². The van der Waals surface area contributed by atoms with Gasteiger partial charge in [-0.15, -0.1) is 0 Å². The molecule has 0 aliphatic rings. The summed E-state index contributed by atoms with van der Waals surface area (Å²) in [5, 5.41) is 15.7. The van der Waals surface area contributed by atoms with E-state index in [-0.39, 0.29) is 42.3 Å². The van der Waals surface area contributed by atoms with E-state index in [2.05, 4.69) is 10.6 Å². The molecule has 0 spiro atoms. The van der Waals surface area contributed by atoms with Crippen LogP contribution < -0.4 is 20.7 Å². The molecule has 0 radical (unpaired) electrons. The summed E-state index contributed by atoms with van der Waals surface area (Å²) in [6.07, 6.45) is 3.57. The van der Waals surface area contributed by atoms with E-state index in [0.717, 1.165) is 19.3 Å². The fourth-order valence-corrected chi connectivity index (χ4v) is 6.19. The van der Waals surface area contributed by atoms with Gasteiger partial charge in [-0.05, 0) is 50.1 Å². The van der Waals surface area contributed by atoms with Gasteiger partial charge in [0, 0.05) is 5.56 Å². The Hall–Kier alpha value is -4.24. The van der Waals surface area contributed by atoms with Crippen LogP contribution in [0.1, 0.15) is 91.1 Å². The van der Waals surface area contributed by atoms with Gasteiger partial charge in [-0.1, -0.05) is 60.8 Å². The highest BCUT2D eigenvalue weighted by Gasteiger charge is 2.32. The van der Waals surface area contributed by atoms with Crippen molar-refractivity contribution in [2.24, 2.45) is 17.8 Å². The second-order valence-electron chi connectivity index (χ2n) is 12.3. The number of hydroxylamine groups is 2. The number of furan rings is 1. The third-order valence-corrected chi connectivity index (χ3v) is 9.50. The Morgan fingerprint density at radius 1 is 0.923 bits per heavy atom. The summed E-state index contributed by atoms with van der Waals surface area (Å²) < 4.78 is 46.7. The third-order valence-electron chi connectivity index (χ3n) is 7.72. The van der Waals surface area contributed by atoms with Crippen molar-refractivity contribution in [3.8, 4) is 17.1 Å². The zero-order valence-electron chi connectivity index (χ0n) is 30.9. The zero-order valence-corrected chi connectivity index (χ0v) is 31.8. The summed E-state index contributed by atoms with van der Waals surface area (Å²) in [5.41, 5.74) is 0.309. The molecule has 3 N–H and O–H groups in total. The Kier molecular flexibility index (Phi) is 18.6. The van der Waals surface area contributed by atoms with E-state index >= 15 is 0 Å². The Morgan fingerprint density at radius 2 is 1.56 bits per heavy atom. The molecule has 0 saturated heterocycles.